The van der Waals surface area contributed by atoms with Crippen molar-refractivity contribution in [1.82, 2.24) is 14.5 Å². The second-order valence-corrected chi connectivity index (χ2v) is 15.2. The molecule has 0 aliphatic rings. The average Bonchev–Trinajstić information content (AvgIpc) is 3.82. The van der Waals surface area contributed by atoms with Crippen molar-refractivity contribution in [1.29, 1.82) is 0 Å². The lowest BCUT2D eigenvalue weighted by Gasteiger charge is -2.14. The Morgan fingerprint density at radius 1 is 0.357 bits per heavy atom. The molecule has 0 aliphatic carbocycles. The first-order chi connectivity index (χ1) is 27.8. The van der Waals surface area contributed by atoms with E-state index in [1.165, 1.54) is 36.7 Å². The molecule has 0 fully saturated rings. The van der Waals surface area contributed by atoms with Gasteiger partial charge in [-0.2, -0.15) is 0 Å². The second-order valence-electron chi connectivity index (χ2n) is 14.1. The second kappa shape index (κ2) is 13.3. The van der Waals surface area contributed by atoms with E-state index in [9.17, 15) is 0 Å². The van der Waals surface area contributed by atoms with E-state index in [4.69, 9.17) is 9.97 Å². The molecule has 0 amide bonds. The number of hydrogen-bond donors (Lipinski definition) is 0. The SMILES string of the molecule is c1ccc(-c2ccc(-c3cc(-c4ccccc4-c4ccccc4)nc(-c4cccc5c4c4ccccc4n5-c4ccc5sc6ccccc6c5c4)n3)cc2)cc1. The zero-order chi connectivity index (χ0) is 37.0. The number of benzene rings is 8. The molecule has 4 heteroatoms. The van der Waals surface area contributed by atoms with E-state index in [1.807, 2.05) is 11.3 Å². The van der Waals surface area contributed by atoms with Gasteiger partial charge in [-0.25, -0.2) is 9.97 Å². The summed E-state index contributed by atoms with van der Waals surface area (Å²) >= 11 is 1.85. The number of rotatable bonds is 6. The molecule has 3 nitrogen and oxygen atoms in total. The normalized spacial score (nSPS) is 11.6. The van der Waals surface area contributed by atoms with Crippen molar-refractivity contribution >= 4 is 53.3 Å². The van der Waals surface area contributed by atoms with Crippen LogP contribution in [0.15, 0.2) is 200 Å². The molecule has 3 heterocycles. The number of para-hydroxylation sites is 1. The van der Waals surface area contributed by atoms with Crippen LogP contribution in [0.2, 0.25) is 0 Å². The number of aromatic nitrogens is 3. The van der Waals surface area contributed by atoms with E-state index in [0.29, 0.717) is 5.82 Å². The van der Waals surface area contributed by atoms with E-state index in [0.717, 1.165) is 61.3 Å². The van der Waals surface area contributed by atoms with Crippen molar-refractivity contribution in [3.8, 4) is 61.8 Å². The Kier molecular flexibility index (Phi) is 7.68. The highest BCUT2D eigenvalue weighted by atomic mass is 32.1. The highest BCUT2D eigenvalue weighted by Gasteiger charge is 2.20. The molecule has 8 aromatic carbocycles. The lowest BCUT2D eigenvalue weighted by atomic mass is 9.96. The van der Waals surface area contributed by atoms with Crippen molar-refractivity contribution in [3.05, 3.63) is 200 Å². The van der Waals surface area contributed by atoms with Gasteiger partial charge in [-0.15, -0.1) is 11.3 Å². The molecule has 3 aromatic heterocycles. The Bertz CT molecular complexity index is 3230. The van der Waals surface area contributed by atoms with Crippen molar-refractivity contribution in [3.63, 3.8) is 0 Å². The maximum Gasteiger partial charge on any atom is 0.161 e. The maximum atomic E-state index is 5.44. The van der Waals surface area contributed by atoms with Crippen LogP contribution in [0, 0.1) is 0 Å². The molecule has 262 valence electrons. The summed E-state index contributed by atoms with van der Waals surface area (Å²) in [5, 5.41) is 4.88. The fourth-order valence-electron chi connectivity index (χ4n) is 8.23. The first-order valence-corrected chi connectivity index (χ1v) is 19.7. The van der Waals surface area contributed by atoms with Crippen molar-refractivity contribution in [2.75, 3.05) is 0 Å². The zero-order valence-corrected chi connectivity index (χ0v) is 31.1. The minimum absolute atomic E-state index is 0.695. The van der Waals surface area contributed by atoms with Crippen LogP contribution in [0.25, 0.3) is 104 Å². The predicted octanol–water partition coefficient (Wildman–Crippen LogP) is 14.3. The average molecular weight is 732 g/mol. The monoisotopic (exact) mass is 731 g/mol. The molecule has 0 atom stereocenters. The predicted molar refractivity (Wildman–Crippen MR) is 236 cm³/mol. The van der Waals surface area contributed by atoms with Crippen LogP contribution in [0.1, 0.15) is 0 Å². The number of thiophene rings is 1. The van der Waals surface area contributed by atoms with Gasteiger partial charge in [-0.1, -0.05) is 158 Å². The third-order valence-corrected chi connectivity index (χ3v) is 12.0. The summed E-state index contributed by atoms with van der Waals surface area (Å²) in [7, 11) is 0. The molecule has 11 rings (SSSR count). The summed E-state index contributed by atoms with van der Waals surface area (Å²) in [6, 6.07) is 71.3. The van der Waals surface area contributed by atoms with Crippen LogP contribution in [0.4, 0.5) is 0 Å². The fourth-order valence-corrected chi connectivity index (χ4v) is 9.32. The van der Waals surface area contributed by atoms with Crippen molar-refractivity contribution in [2.45, 2.75) is 0 Å². The first kappa shape index (κ1) is 32.3. The summed E-state index contributed by atoms with van der Waals surface area (Å²) in [6.45, 7) is 0. The van der Waals surface area contributed by atoms with Crippen molar-refractivity contribution in [2.24, 2.45) is 0 Å². The lowest BCUT2D eigenvalue weighted by molar-refractivity contribution is 1.18. The largest absolute Gasteiger partial charge is 0.309 e. The zero-order valence-electron chi connectivity index (χ0n) is 30.3. The van der Waals surface area contributed by atoms with Gasteiger partial charge < -0.3 is 4.57 Å². The van der Waals surface area contributed by atoms with Gasteiger partial charge in [0.2, 0.25) is 0 Å². The van der Waals surface area contributed by atoms with E-state index < -0.39 is 0 Å². The number of hydrogen-bond acceptors (Lipinski definition) is 3. The van der Waals surface area contributed by atoms with Gasteiger partial charge in [0, 0.05) is 53.3 Å². The molecule has 0 N–H and O–H groups in total. The molecule has 11 aromatic rings. The summed E-state index contributed by atoms with van der Waals surface area (Å²) in [4.78, 5) is 10.8. The van der Waals surface area contributed by atoms with Crippen molar-refractivity contribution < 1.29 is 0 Å². The van der Waals surface area contributed by atoms with E-state index >= 15 is 0 Å². The third kappa shape index (κ3) is 5.42. The summed E-state index contributed by atoms with van der Waals surface area (Å²) < 4.78 is 5.00. The van der Waals surface area contributed by atoms with E-state index in [-0.39, 0.29) is 0 Å². The highest BCUT2D eigenvalue weighted by molar-refractivity contribution is 7.25. The molecule has 0 saturated heterocycles. The quantitative estimate of drug-likeness (QED) is 0.170. The standard InChI is InChI=1S/C52H33N3S/c1-3-14-34(15-4-1)35-26-28-37(29-27-35)45-33-46(40-19-8-7-18-39(40)36-16-5-2-6-17-36)54-52(53-45)43-22-13-24-48-51(43)42-21-9-11-23-47(42)55(48)38-30-31-50-44(32-38)41-20-10-12-25-49(41)56-50/h1-33H. The lowest BCUT2D eigenvalue weighted by Crippen LogP contribution is -1.98. The van der Waals surface area contributed by atoms with Crippen LogP contribution >= 0.6 is 11.3 Å². The Morgan fingerprint density at radius 3 is 1.77 bits per heavy atom. The topological polar surface area (TPSA) is 30.7 Å². The number of fused-ring (bicyclic) bond motifs is 6. The van der Waals surface area contributed by atoms with Gasteiger partial charge in [0.1, 0.15) is 0 Å². The molecule has 56 heavy (non-hydrogen) atoms. The fraction of sp³-hybridized carbons (Fsp3) is 0. The van der Waals surface area contributed by atoms with Gasteiger partial charge in [0.25, 0.3) is 0 Å². The number of nitrogens with zero attached hydrogens (tertiary/aromatic N) is 3. The Morgan fingerprint density at radius 2 is 0.946 bits per heavy atom. The Labute approximate surface area is 328 Å². The molecular formula is C52H33N3S. The Hall–Kier alpha value is -7.14. The van der Waals surface area contributed by atoms with Gasteiger partial charge in [-0.3, -0.25) is 0 Å². The van der Waals surface area contributed by atoms with Gasteiger partial charge in [-0.05, 0) is 64.7 Å². The van der Waals surface area contributed by atoms with Crippen LogP contribution < -0.4 is 0 Å². The van der Waals surface area contributed by atoms with Gasteiger partial charge in [0.15, 0.2) is 5.82 Å². The molecule has 0 unspecified atom stereocenters. The molecule has 0 bridgehead atoms. The van der Waals surface area contributed by atoms with Crippen LogP contribution in [-0.4, -0.2) is 14.5 Å². The smallest absolute Gasteiger partial charge is 0.161 e. The minimum Gasteiger partial charge on any atom is -0.309 e. The van der Waals surface area contributed by atoms with E-state index in [1.54, 1.807) is 0 Å². The van der Waals surface area contributed by atoms with Crippen LogP contribution in [0.5, 0.6) is 0 Å². The summed E-state index contributed by atoms with van der Waals surface area (Å²) in [6.07, 6.45) is 0. The van der Waals surface area contributed by atoms with E-state index in [2.05, 4.69) is 205 Å². The molecule has 0 radical (unpaired) electrons. The molecule has 0 spiro atoms. The van der Waals surface area contributed by atoms with Gasteiger partial charge >= 0.3 is 0 Å². The van der Waals surface area contributed by atoms with Gasteiger partial charge in [0.05, 0.1) is 22.4 Å². The minimum atomic E-state index is 0.695. The first-order valence-electron chi connectivity index (χ1n) is 18.9. The molecule has 0 aliphatic heterocycles. The summed E-state index contributed by atoms with van der Waals surface area (Å²) in [5.41, 5.74) is 12.9. The summed E-state index contributed by atoms with van der Waals surface area (Å²) in [5.74, 6) is 0.695. The third-order valence-electron chi connectivity index (χ3n) is 10.9. The molecular weight excluding hydrogens is 699 g/mol. The van der Waals surface area contributed by atoms with Crippen LogP contribution in [-0.2, 0) is 0 Å². The Balaban J connectivity index is 1.14. The maximum absolute atomic E-state index is 5.44. The molecule has 0 saturated carbocycles. The van der Waals surface area contributed by atoms with Crippen LogP contribution in [0.3, 0.4) is 0 Å². The highest BCUT2D eigenvalue weighted by Crippen LogP contribution is 2.42.